The first-order chi connectivity index (χ1) is 10.2. The second-order valence-electron chi connectivity index (χ2n) is 6.44. The molecule has 1 aromatic carbocycles. The SMILES string of the molecule is CC(C)(C)OC(=O)N1C[C@@H](C(=O)[O-])[C@H](c2ccccc2Br)C1. The zero-order valence-corrected chi connectivity index (χ0v) is 14.4. The van der Waals surface area contributed by atoms with Crippen molar-refractivity contribution in [1.82, 2.24) is 4.90 Å². The van der Waals surface area contributed by atoms with Gasteiger partial charge in [0.25, 0.3) is 0 Å². The van der Waals surface area contributed by atoms with Crippen LogP contribution in [0.1, 0.15) is 32.3 Å². The molecule has 120 valence electrons. The summed E-state index contributed by atoms with van der Waals surface area (Å²) in [6, 6.07) is 7.44. The second kappa shape index (κ2) is 6.28. The Hall–Kier alpha value is -1.56. The van der Waals surface area contributed by atoms with Gasteiger partial charge in [-0.3, -0.25) is 0 Å². The molecule has 0 saturated carbocycles. The molecule has 0 aliphatic carbocycles. The molecule has 2 rings (SSSR count). The second-order valence-corrected chi connectivity index (χ2v) is 7.29. The number of ether oxygens (including phenoxy) is 1. The molecule has 6 heteroatoms. The van der Waals surface area contributed by atoms with Gasteiger partial charge in [-0.1, -0.05) is 34.1 Å². The average Bonchev–Trinajstić information content (AvgIpc) is 2.82. The molecule has 1 heterocycles. The van der Waals surface area contributed by atoms with Gasteiger partial charge in [0.05, 0.1) is 0 Å². The Morgan fingerprint density at radius 2 is 1.91 bits per heavy atom. The highest BCUT2D eigenvalue weighted by atomic mass is 79.9. The van der Waals surface area contributed by atoms with Crippen LogP contribution in [-0.4, -0.2) is 35.7 Å². The predicted octanol–water partition coefficient (Wildman–Crippen LogP) is 2.15. The third-order valence-electron chi connectivity index (χ3n) is 3.58. The normalized spacial score (nSPS) is 21.7. The number of likely N-dealkylation sites (tertiary alicyclic amines) is 1. The number of hydrogen-bond acceptors (Lipinski definition) is 4. The molecule has 5 nitrogen and oxygen atoms in total. The molecule has 1 aliphatic heterocycles. The highest BCUT2D eigenvalue weighted by Gasteiger charge is 2.39. The quantitative estimate of drug-likeness (QED) is 0.801. The van der Waals surface area contributed by atoms with Gasteiger partial charge in [-0.25, -0.2) is 4.79 Å². The predicted molar refractivity (Wildman–Crippen MR) is 83.2 cm³/mol. The monoisotopic (exact) mass is 368 g/mol. The van der Waals surface area contributed by atoms with E-state index in [1.165, 1.54) is 4.90 Å². The fourth-order valence-corrected chi connectivity index (χ4v) is 3.19. The van der Waals surface area contributed by atoms with Gasteiger partial charge in [-0.05, 0) is 32.4 Å². The summed E-state index contributed by atoms with van der Waals surface area (Å²) >= 11 is 3.44. The van der Waals surface area contributed by atoms with Crippen LogP contribution in [0.15, 0.2) is 28.7 Å². The Labute approximate surface area is 138 Å². The van der Waals surface area contributed by atoms with Crippen molar-refractivity contribution < 1.29 is 19.4 Å². The van der Waals surface area contributed by atoms with Gasteiger partial charge in [0.1, 0.15) is 5.60 Å². The lowest BCUT2D eigenvalue weighted by atomic mass is 9.89. The number of rotatable bonds is 2. The number of hydrogen-bond donors (Lipinski definition) is 0. The minimum atomic E-state index is -1.15. The first-order valence-electron chi connectivity index (χ1n) is 7.12. The van der Waals surface area contributed by atoms with Gasteiger partial charge in [-0.2, -0.15) is 0 Å². The highest BCUT2D eigenvalue weighted by molar-refractivity contribution is 9.10. The number of carboxylic acid groups (broad SMARTS) is 1. The molecule has 0 unspecified atom stereocenters. The fraction of sp³-hybridized carbons (Fsp3) is 0.500. The van der Waals surface area contributed by atoms with Gasteiger partial charge < -0.3 is 19.5 Å². The van der Waals surface area contributed by atoms with E-state index in [1.54, 1.807) is 20.8 Å². The third-order valence-corrected chi connectivity index (χ3v) is 4.30. The summed E-state index contributed by atoms with van der Waals surface area (Å²) in [5.74, 6) is -2.20. The summed E-state index contributed by atoms with van der Waals surface area (Å²) in [7, 11) is 0. The minimum absolute atomic E-state index is 0.100. The number of halogens is 1. The number of aliphatic carboxylic acids is 1. The number of amides is 1. The molecule has 0 spiro atoms. The van der Waals surface area contributed by atoms with Crippen molar-refractivity contribution in [2.24, 2.45) is 5.92 Å². The largest absolute Gasteiger partial charge is 0.550 e. The van der Waals surface area contributed by atoms with E-state index in [1.807, 2.05) is 24.3 Å². The summed E-state index contributed by atoms with van der Waals surface area (Å²) in [4.78, 5) is 25.1. The van der Waals surface area contributed by atoms with E-state index in [0.717, 1.165) is 10.0 Å². The van der Waals surface area contributed by atoms with Crippen LogP contribution in [0, 0.1) is 5.92 Å². The van der Waals surface area contributed by atoms with Crippen LogP contribution in [0.3, 0.4) is 0 Å². The molecule has 0 radical (unpaired) electrons. The lowest BCUT2D eigenvalue weighted by Crippen LogP contribution is -2.38. The van der Waals surface area contributed by atoms with Gasteiger partial charge in [0.15, 0.2) is 0 Å². The van der Waals surface area contributed by atoms with Crippen molar-refractivity contribution in [3.63, 3.8) is 0 Å². The highest BCUT2D eigenvalue weighted by Crippen LogP contribution is 2.36. The maximum atomic E-state index is 12.2. The lowest BCUT2D eigenvalue weighted by Gasteiger charge is -2.24. The molecule has 1 saturated heterocycles. The molecule has 2 atom stereocenters. The summed E-state index contributed by atoms with van der Waals surface area (Å²) in [5, 5.41) is 11.4. The van der Waals surface area contributed by atoms with Crippen LogP contribution in [0.5, 0.6) is 0 Å². The topological polar surface area (TPSA) is 69.7 Å². The molecule has 1 fully saturated rings. The Morgan fingerprint density at radius 1 is 1.27 bits per heavy atom. The average molecular weight is 369 g/mol. The number of carbonyl (C=O) groups is 2. The van der Waals surface area contributed by atoms with Crippen LogP contribution < -0.4 is 5.11 Å². The molecule has 22 heavy (non-hydrogen) atoms. The lowest BCUT2D eigenvalue weighted by molar-refractivity contribution is -0.311. The van der Waals surface area contributed by atoms with Crippen LogP contribution in [-0.2, 0) is 9.53 Å². The first kappa shape index (κ1) is 16.8. The smallest absolute Gasteiger partial charge is 0.410 e. The van der Waals surface area contributed by atoms with Crippen LogP contribution in [0.25, 0.3) is 0 Å². The molecular weight excluding hydrogens is 350 g/mol. The van der Waals surface area contributed by atoms with Crippen molar-refractivity contribution in [2.75, 3.05) is 13.1 Å². The maximum Gasteiger partial charge on any atom is 0.410 e. The fourth-order valence-electron chi connectivity index (χ4n) is 2.61. The summed E-state index contributed by atoms with van der Waals surface area (Å²) in [6.07, 6.45) is -0.492. The van der Waals surface area contributed by atoms with E-state index < -0.39 is 23.6 Å². The number of carboxylic acids is 1. The summed E-state index contributed by atoms with van der Waals surface area (Å²) in [5.41, 5.74) is 0.252. The van der Waals surface area contributed by atoms with Gasteiger partial charge in [0.2, 0.25) is 0 Å². The molecular formula is C16H19BrNO4-. The first-order valence-corrected chi connectivity index (χ1v) is 7.91. The standard InChI is InChI=1S/C16H20BrNO4/c1-16(2,3)22-15(21)18-8-11(12(9-18)14(19)20)10-6-4-5-7-13(10)17/h4-7,11-12H,8-9H2,1-3H3,(H,19,20)/p-1/t11-,12+/m0/s1. The van der Waals surface area contributed by atoms with E-state index >= 15 is 0 Å². The Kier molecular flexibility index (Phi) is 4.80. The maximum absolute atomic E-state index is 12.2. The zero-order chi connectivity index (χ0) is 16.5. The third kappa shape index (κ3) is 3.80. The Morgan fingerprint density at radius 3 is 2.45 bits per heavy atom. The van der Waals surface area contributed by atoms with E-state index in [9.17, 15) is 14.7 Å². The Balaban J connectivity index is 2.22. The van der Waals surface area contributed by atoms with Crippen LogP contribution >= 0.6 is 15.9 Å². The van der Waals surface area contributed by atoms with E-state index in [4.69, 9.17) is 4.74 Å². The molecule has 1 aliphatic rings. The summed E-state index contributed by atoms with van der Waals surface area (Å²) < 4.78 is 6.16. The molecule has 0 aromatic heterocycles. The zero-order valence-electron chi connectivity index (χ0n) is 12.8. The Bertz CT molecular complexity index is 582. The molecule has 0 N–H and O–H groups in total. The van der Waals surface area contributed by atoms with Gasteiger partial charge in [-0.15, -0.1) is 0 Å². The van der Waals surface area contributed by atoms with Crippen molar-refractivity contribution in [1.29, 1.82) is 0 Å². The van der Waals surface area contributed by atoms with E-state index in [2.05, 4.69) is 15.9 Å². The van der Waals surface area contributed by atoms with Crippen molar-refractivity contribution >= 4 is 28.0 Å². The van der Waals surface area contributed by atoms with Crippen molar-refractivity contribution in [2.45, 2.75) is 32.3 Å². The molecule has 1 amide bonds. The van der Waals surface area contributed by atoms with Crippen molar-refractivity contribution in [3.8, 4) is 0 Å². The number of benzene rings is 1. The van der Waals surface area contributed by atoms with Crippen molar-refractivity contribution in [3.05, 3.63) is 34.3 Å². The van der Waals surface area contributed by atoms with Crippen LogP contribution in [0.4, 0.5) is 4.79 Å². The van der Waals surface area contributed by atoms with Gasteiger partial charge in [0, 0.05) is 35.4 Å². The van der Waals surface area contributed by atoms with Gasteiger partial charge >= 0.3 is 6.09 Å². The van der Waals surface area contributed by atoms with E-state index in [0.29, 0.717) is 6.54 Å². The number of nitrogens with zero attached hydrogens (tertiary/aromatic N) is 1. The summed E-state index contributed by atoms with van der Waals surface area (Å²) in [6.45, 7) is 5.74. The number of carbonyl (C=O) groups excluding carboxylic acids is 2. The minimum Gasteiger partial charge on any atom is -0.550 e. The molecule has 1 aromatic rings. The molecule has 0 bridgehead atoms. The van der Waals surface area contributed by atoms with Crippen LogP contribution in [0.2, 0.25) is 0 Å². The van der Waals surface area contributed by atoms with E-state index in [-0.39, 0.29) is 12.5 Å².